The fourth-order valence-electron chi connectivity index (χ4n) is 2.42. The highest BCUT2D eigenvalue weighted by atomic mass is 16.5. The Morgan fingerprint density at radius 1 is 1.00 bits per heavy atom. The van der Waals surface area contributed by atoms with E-state index in [1.165, 1.54) is 7.11 Å². The standard InChI is InChI=1S/C19H23NO3/c1-18(22,15-10-6-4-7-11-15)14-20-17(21)19(2,23-3)16-12-8-5-9-13-16/h4-13,22H,14H2,1-3H3,(H,20,21)/t18-,19+/m1/s1. The van der Waals surface area contributed by atoms with Crippen LogP contribution in [0.3, 0.4) is 0 Å². The topological polar surface area (TPSA) is 58.6 Å². The number of carbonyl (C=O) groups is 1. The Bertz CT molecular complexity index is 640. The first-order valence-electron chi connectivity index (χ1n) is 7.57. The van der Waals surface area contributed by atoms with Crippen LogP contribution in [0.5, 0.6) is 0 Å². The number of rotatable bonds is 6. The van der Waals surface area contributed by atoms with Crippen molar-refractivity contribution in [2.45, 2.75) is 25.0 Å². The van der Waals surface area contributed by atoms with E-state index in [0.717, 1.165) is 11.1 Å². The minimum absolute atomic E-state index is 0.0988. The van der Waals surface area contributed by atoms with Gasteiger partial charge in [-0.1, -0.05) is 60.7 Å². The lowest BCUT2D eigenvalue weighted by Crippen LogP contribution is -2.48. The molecule has 0 aliphatic carbocycles. The van der Waals surface area contributed by atoms with E-state index in [-0.39, 0.29) is 12.5 Å². The van der Waals surface area contributed by atoms with Crippen LogP contribution >= 0.6 is 0 Å². The summed E-state index contributed by atoms with van der Waals surface area (Å²) in [5.74, 6) is -0.289. The molecule has 0 radical (unpaired) electrons. The molecule has 0 heterocycles. The Labute approximate surface area is 137 Å². The van der Waals surface area contributed by atoms with Gasteiger partial charge in [-0.05, 0) is 25.0 Å². The summed E-state index contributed by atoms with van der Waals surface area (Å²) in [6.07, 6.45) is 0. The fourth-order valence-corrected chi connectivity index (χ4v) is 2.42. The number of methoxy groups -OCH3 is 1. The summed E-state index contributed by atoms with van der Waals surface area (Å²) in [6.45, 7) is 3.49. The molecule has 0 fully saturated rings. The van der Waals surface area contributed by atoms with Crippen LogP contribution in [0.25, 0.3) is 0 Å². The number of aliphatic hydroxyl groups is 1. The summed E-state index contributed by atoms with van der Waals surface area (Å²) in [5, 5.41) is 13.4. The van der Waals surface area contributed by atoms with Crippen LogP contribution in [0, 0.1) is 0 Å². The average molecular weight is 313 g/mol. The van der Waals surface area contributed by atoms with E-state index in [1.54, 1.807) is 13.8 Å². The van der Waals surface area contributed by atoms with Crippen molar-refractivity contribution in [2.75, 3.05) is 13.7 Å². The Balaban J connectivity index is 2.12. The van der Waals surface area contributed by atoms with Gasteiger partial charge in [0.15, 0.2) is 5.60 Å². The molecule has 23 heavy (non-hydrogen) atoms. The average Bonchev–Trinajstić information content (AvgIpc) is 2.60. The van der Waals surface area contributed by atoms with E-state index >= 15 is 0 Å². The smallest absolute Gasteiger partial charge is 0.256 e. The molecule has 2 aromatic carbocycles. The molecule has 0 aromatic heterocycles. The Morgan fingerprint density at radius 3 is 1.96 bits per heavy atom. The molecule has 0 spiro atoms. The lowest BCUT2D eigenvalue weighted by atomic mass is 9.93. The number of hydrogen-bond donors (Lipinski definition) is 2. The summed E-state index contributed by atoms with van der Waals surface area (Å²) in [7, 11) is 1.50. The lowest BCUT2D eigenvalue weighted by Gasteiger charge is -2.30. The molecular weight excluding hydrogens is 290 g/mol. The van der Waals surface area contributed by atoms with Crippen LogP contribution in [0.15, 0.2) is 60.7 Å². The SMILES string of the molecule is CO[C@](C)(C(=O)NC[C@@](C)(O)c1ccccc1)c1ccccc1. The molecule has 4 heteroatoms. The van der Waals surface area contributed by atoms with Crippen molar-refractivity contribution >= 4 is 5.91 Å². The van der Waals surface area contributed by atoms with Gasteiger partial charge >= 0.3 is 0 Å². The van der Waals surface area contributed by atoms with Gasteiger partial charge in [0.05, 0.1) is 6.54 Å². The van der Waals surface area contributed by atoms with Crippen molar-refractivity contribution in [1.82, 2.24) is 5.32 Å². The number of nitrogens with one attached hydrogen (secondary N) is 1. The third kappa shape index (κ3) is 3.78. The van der Waals surface area contributed by atoms with E-state index in [1.807, 2.05) is 60.7 Å². The van der Waals surface area contributed by atoms with Gasteiger partial charge in [0.2, 0.25) is 0 Å². The van der Waals surface area contributed by atoms with Crippen molar-refractivity contribution in [2.24, 2.45) is 0 Å². The van der Waals surface area contributed by atoms with Crippen molar-refractivity contribution in [3.8, 4) is 0 Å². The molecule has 2 atom stereocenters. The second kappa shape index (κ2) is 6.94. The van der Waals surface area contributed by atoms with Crippen LogP contribution in [-0.4, -0.2) is 24.7 Å². The maximum Gasteiger partial charge on any atom is 0.256 e. The molecule has 1 amide bonds. The van der Waals surface area contributed by atoms with E-state index in [0.29, 0.717) is 0 Å². The van der Waals surface area contributed by atoms with Crippen molar-refractivity contribution < 1.29 is 14.6 Å². The summed E-state index contributed by atoms with van der Waals surface area (Å²) in [4.78, 5) is 12.6. The number of carbonyl (C=O) groups excluding carboxylic acids is 1. The first kappa shape index (κ1) is 17.2. The highest BCUT2D eigenvalue weighted by Gasteiger charge is 2.36. The highest BCUT2D eigenvalue weighted by molar-refractivity contribution is 5.86. The van der Waals surface area contributed by atoms with Gasteiger partial charge in [-0.15, -0.1) is 0 Å². The molecule has 122 valence electrons. The van der Waals surface area contributed by atoms with E-state index in [9.17, 15) is 9.90 Å². The van der Waals surface area contributed by atoms with Crippen LogP contribution in [0.1, 0.15) is 25.0 Å². The van der Waals surface area contributed by atoms with Gasteiger partial charge in [-0.3, -0.25) is 4.79 Å². The molecule has 0 saturated carbocycles. The number of hydrogen-bond acceptors (Lipinski definition) is 3. The molecule has 2 aromatic rings. The zero-order chi connectivity index (χ0) is 16.9. The molecule has 0 unspecified atom stereocenters. The lowest BCUT2D eigenvalue weighted by molar-refractivity contribution is -0.143. The van der Waals surface area contributed by atoms with Crippen LogP contribution in [-0.2, 0) is 20.7 Å². The second-order valence-electron chi connectivity index (χ2n) is 5.93. The Hall–Kier alpha value is -2.17. The van der Waals surface area contributed by atoms with Gasteiger partial charge in [0, 0.05) is 7.11 Å². The normalized spacial score (nSPS) is 16.2. The van der Waals surface area contributed by atoms with E-state index < -0.39 is 11.2 Å². The maximum atomic E-state index is 12.6. The minimum Gasteiger partial charge on any atom is -0.384 e. The molecule has 2 N–H and O–H groups in total. The van der Waals surface area contributed by atoms with Gasteiger partial charge in [0.25, 0.3) is 5.91 Å². The summed E-state index contributed by atoms with van der Waals surface area (Å²) < 4.78 is 5.46. The Morgan fingerprint density at radius 2 is 1.48 bits per heavy atom. The van der Waals surface area contributed by atoms with Crippen molar-refractivity contribution in [3.05, 3.63) is 71.8 Å². The van der Waals surface area contributed by atoms with E-state index in [4.69, 9.17) is 4.74 Å². The minimum atomic E-state index is -1.15. The zero-order valence-corrected chi connectivity index (χ0v) is 13.7. The molecule has 4 nitrogen and oxygen atoms in total. The first-order chi connectivity index (χ1) is 10.9. The van der Waals surface area contributed by atoms with Crippen molar-refractivity contribution in [3.63, 3.8) is 0 Å². The second-order valence-corrected chi connectivity index (χ2v) is 5.93. The summed E-state index contributed by atoms with van der Waals surface area (Å²) in [6, 6.07) is 18.6. The molecule has 0 aliphatic rings. The number of benzene rings is 2. The summed E-state index contributed by atoms with van der Waals surface area (Å²) in [5.41, 5.74) is -0.741. The largest absolute Gasteiger partial charge is 0.384 e. The predicted octanol–water partition coefficient (Wildman–Crippen LogP) is 2.57. The van der Waals surface area contributed by atoms with Gasteiger partial charge in [-0.25, -0.2) is 0 Å². The summed E-state index contributed by atoms with van der Waals surface area (Å²) >= 11 is 0. The third-order valence-corrected chi connectivity index (χ3v) is 4.16. The molecule has 0 aliphatic heterocycles. The molecule has 0 bridgehead atoms. The number of ether oxygens (including phenoxy) is 1. The molecule has 2 rings (SSSR count). The highest BCUT2D eigenvalue weighted by Crippen LogP contribution is 2.25. The van der Waals surface area contributed by atoms with Gasteiger partial charge < -0.3 is 15.2 Å². The molecule has 0 saturated heterocycles. The molecular formula is C19H23NO3. The van der Waals surface area contributed by atoms with Gasteiger partial charge in [0.1, 0.15) is 5.60 Å². The maximum absolute atomic E-state index is 12.6. The van der Waals surface area contributed by atoms with Crippen LogP contribution < -0.4 is 5.32 Å². The predicted molar refractivity (Wildman–Crippen MR) is 89.8 cm³/mol. The first-order valence-corrected chi connectivity index (χ1v) is 7.57. The fraction of sp³-hybridized carbons (Fsp3) is 0.316. The van der Waals surface area contributed by atoms with E-state index in [2.05, 4.69) is 5.32 Å². The van der Waals surface area contributed by atoms with Crippen LogP contribution in [0.2, 0.25) is 0 Å². The van der Waals surface area contributed by atoms with Crippen molar-refractivity contribution in [1.29, 1.82) is 0 Å². The third-order valence-electron chi connectivity index (χ3n) is 4.16. The van der Waals surface area contributed by atoms with Crippen LogP contribution in [0.4, 0.5) is 0 Å². The Kier molecular flexibility index (Phi) is 5.19. The number of amides is 1. The quantitative estimate of drug-likeness (QED) is 0.862. The zero-order valence-electron chi connectivity index (χ0n) is 13.7. The monoisotopic (exact) mass is 313 g/mol. The van der Waals surface area contributed by atoms with Gasteiger partial charge in [-0.2, -0.15) is 0 Å².